The van der Waals surface area contributed by atoms with Crippen molar-refractivity contribution >= 4 is 70.0 Å². The van der Waals surface area contributed by atoms with Crippen LogP contribution in [0.4, 0.5) is 0 Å². The molecule has 2 heterocycles. The van der Waals surface area contributed by atoms with Gasteiger partial charge in [0.05, 0.1) is 12.4 Å². The number of imidazole rings is 1. The molecule has 0 radical (unpaired) electrons. The van der Waals surface area contributed by atoms with Crippen LogP contribution in [-0.2, 0) is 68.8 Å². The molecule has 5 aromatic rings. The number of nitrogens with two attached hydrogens (primary N) is 6. The molecule has 27 nitrogen and oxygen atoms in total. The second kappa shape index (κ2) is 36.8. The first-order chi connectivity index (χ1) is 42.7. The number of rotatable bonds is 39. The van der Waals surface area contributed by atoms with Crippen LogP contribution in [0.2, 0.25) is 0 Å². The van der Waals surface area contributed by atoms with Gasteiger partial charge in [0, 0.05) is 61.2 Å². The van der Waals surface area contributed by atoms with Gasteiger partial charge in [0.15, 0.2) is 5.96 Å². The first kappa shape index (κ1) is 70.6. The number of H-pyrrole nitrogens is 2. The van der Waals surface area contributed by atoms with Gasteiger partial charge in [-0.15, -0.1) is 0 Å². The van der Waals surface area contributed by atoms with Gasteiger partial charge in [0.1, 0.15) is 48.3 Å². The summed E-state index contributed by atoms with van der Waals surface area (Å²) in [6, 6.07) is 14.0. The fourth-order valence-electron chi connectivity index (χ4n) is 9.82. The van der Waals surface area contributed by atoms with Gasteiger partial charge in [-0.2, -0.15) is 0 Å². The lowest BCUT2D eigenvalue weighted by Crippen LogP contribution is -2.62. The topological polar surface area (TPSA) is 463 Å². The number of primary amides is 1. The number of carbonyl (C=O) groups excluding carboxylic acids is 9. The number of para-hydroxylation sites is 1. The van der Waals surface area contributed by atoms with E-state index < -0.39 is 113 Å². The zero-order valence-electron chi connectivity index (χ0n) is 50.9. The van der Waals surface area contributed by atoms with Gasteiger partial charge in [-0.1, -0.05) is 99.1 Å². The van der Waals surface area contributed by atoms with Crippen LogP contribution in [0, 0.1) is 5.92 Å². The SMILES string of the molecule is CC[C@@H](C)[C@H](NC(=O)[C@@H](Cc1ccccc1)NC(=O)[C@@H](Cc1c[nH]c2ccccc12)NC(=O)[C@@H](N)CCCN=C(N)N)C(=O)N[C@H](Cc1ccccc1)C(=O)N[C@@H](Cc1cnc[nH]1)C(=O)N[C@@H](CCCCN)C(=O)N[C@@H](CCCCN)C(=O)N[C@@H](C)C(N)=O. The van der Waals surface area contributed by atoms with Crippen LogP contribution in [0.15, 0.2) is 109 Å². The van der Waals surface area contributed by atoms with E-state index in [-0.39, 0.29) is 64.0 Å². The Morgan fingerprint density at radius 1 is 0.517 bits per heavy atom. The molecule has 482 valence electrons. The Kier molecular flexibility index (Phi) is 29.2. The van der Waals surface area contributed by atoms with Crippen LogP contribution in [0.25, 0.3) is 10.9 Å². The van der Waals surface area contributed by atoms with Crippen LogP contribution in [0.3, 0.4) is 0 Å². The van der Waals surface area contributed by atoms with Crippen molar-refractivity contribution in [2.24, 2.45) is 45.3 Å². The highest BCUT2D eigenvalue weighted by Gasteiger charge is 2.37. The van der Waals surface area contributed by atoms with Crippen LogP contribution in [-0.4, -0.2) is 148 Å². The van der Waals surface area contributed by atoms with E-state index in [9.17, 15) is 43.2 Å². The van der Waals surface area contributed by atoms with Crippen LogP contribution >= 0.6 is 0 Å². The molecule has 0 spiro atoms. The minimum atomic E-state index is -1.40. The van der Waals surface area contributed by atoms with Crippen LogP contribution < -0.4 is 76.9 Å². The lowest BCUT2D eigenvalue weighted by atomic mass is 9.96. The van der Waals surface area contributed by atoms with Crippen molar-refractivity contribution in [3.63, 3.8) is 0 Å². The molecule has 22 N–H and O–H groups in total. The van der Waals surface area contributed by atoms with Gasteiger partial charge < -0.3 is 86.9 Å². The number of nitrogens with zero attached hydrogens (tertiary/aromatic N) is 2. The number of amides is 9. The van der Waals surface area contributed by atoms with Crippen LogP contribution in [0.1, 0.15) is 101 Å². The molecule has 10 atom stereocenters. The smallest absolute Gasteiger partial charge is 0.243 e. The molecule has 5 rings (SSSR count). The molecule has 9 amide bonds. The highest BCUT2D eigenvalue weighted by Crippen LogP contribution is 2.20. The predicted octanol–water partition coefficient (Wildman–Crippen LogP) is -0.770. The molecule has 0 aliphatic heterocycles. The Labute approximate surface area is 518 Å². The fraction of sp³-hybridized carbons (Fsp3) is 0.468. The summed E-state index contributed by atoms with van der Waals surface area (Å²) in [6.45, 7) is 5.81. The molecule has 27 heteroatoms. The maximum Gasteiger partial charge on any atom is 0.243 e. The summed E-state index contributed by atoms with van der Waals surface area (Å²) >= 11 is 0. The lowest BCUT2D eigenvalue weighted by molar-refractivity contribution is -0.136. The maximum absolute atomic E-state index is 14.9. The van der Waals surface area contributed by atoms with E-state index in [0.29, 0.717) is 67.5 Å². The number of benzene rings is 3. The van der Waals surface area contributed by atoms with Crippen molar-refractivity contribution in [2.45, 2.75) is 159 Å². The number of nitrogens with one attached hydrogen (secondary N) is 10. The van der Waals surface area contributed by atoms with Crippen LogP contribution in [0.5, 0.6) is 0 Å². The number of hydrogen-bond donors (Lipinski definition) is 16. The summed E-state index contributed by atoms with van der Waals surface area (Å²) in [7, 11) is 0. The third kappa shape index (κ3) is 23.4. The monoisotopic (exact) mass is 1230 g/mol. The molecule has 89 heavy (non-hydrogen) atoms. The summed E-state index contributed by atoms with van der Waals surface area (Å²) < 4.78 is 0. The zero-order chi connectivity index (χ0) is 64.8. The minimum absolute atomic E-state index is 0.00339. The second-order valence-corrected chi connectivity index (χ2v) is 22.2. The van der Waals surface area contributed by atoms with Crippen molar-refractivity contribution in [3.8, 4) is 0 Å². The Morgan fingerprint density at radius 2 is 0.989 bits per heavy atom. The van der Waals surface area contributed by atoms with E-state index in [1.807, 2.05) is 31.2 Å². The average molecular weight is 1230 g/mol. The number of aliphatic imine (C=N–C) groups is 1. The van der Waals surface area contributed by atoms with Gasteiger partial charge in [0.2, 0.25) is 53.2 Å². The zero-order valence-corrected chi connectivity index (χ0v) is 50.9. The molecule has 0 unspecified atom stereocenters. The van der Waals surface area contributed by atoms with Gasteiger partial charge in [-0.05, 0) is 100 Å². The van der Waals surface area contributed by atoms with E-state index in [2.05, 4.69) is 62.5 Å². The summed E-state index contributed by atoms with van der Waals surface area (Å²) in [4.78, 5) is 142. The molecular weight excluding hydrogens is 1140 g/mol. The first-order valence-electron chi connectivity index (χ1n) is 30.2. The third-order valence-corrected chi connectivity index (χ3v) is 15.2. The lowest BCUT2D eigenvalue weighted by Gasteiger charge is -2.30. The van der Waals surface area contributed by atoms with Gasteiger partial charge in [0.25, 0.3) is 0 Å². The van der Waals surface area contributed by atoms with Crippen molar-refractivity contribution in [2.75, 3.05) is 19.6 Å². The number of hydrogen-bond acceptors (Lipinski definition) is 14. The molecular formula is C62H90N18O9. The van der Waals surface area contributed by atoms with Crippen molar-refractivity contribution in [1.29, 1.82) is 0 Å². The third-order valence-electron chi connectivity index (χ3n) is 15.2. The Bertz CT molecular complexity index is 3100. The first-order valence-corrected chi connectivity index (χ1v) is 30.2. The maximum atomic E-state index is 14.9. The molecule has 0 saturated heterocycles. The molecule has 0 bridgehead atoms. The molecule has 0 aliphatic rings. The van der Waals surface area contributed by atoms with E-state index in [4.69, 9.17) is 34.4 Å². The number of aromatic amines is 2. The largest absolute Gasteiger partial charge is 0.370 e. The van der Waals surface area contributed by atoms with E-state index in [0.717, 1.165) is 10.9 Å². The van der Waals surface area contributed by atoms with Gasteiger partial charge in [-0.3, -0.25) is 48.1 Å². The molecule has 3 aromatic carbocycles. The molecule has 2 aromatic heterocycles. The van der Waals surface area contributed by atoms with Gasteiger partial charge in [-0.25, -0.2) is 4.98 Å². The molecule has 0 fully saturated rings. The second-order valence-electron chi connectivity index (χ2n) is 22.2. The predicted molar refractivity (Wildman–Crippen MR) is 338 cm³/mol. The summed E-state index contributed by atoms with van der Waals surface area (Å²) in [6.07, 6.45) is 7.32. The van der Waals surface area contributed by atoms with Crippen molar-refractivity contribution in [1.82, 2.24) is 57.5 Å². The number of aromatic nitrogens is 3. The number of guanidine groups is 1. The van der Waals surface area contributed by atoms with Gasteiger partial charge >= 0.3 is 0 Å². The summed E-state index contributed by atoms with van der Waals surface area (Å²) in [5.74, 6) is -7.27. The highest BCUT2D eigenvalue weighted by atomic mass is 16.2. The number of unbranched alkanes of at least 4 members (excludes halogenated alkanes) is 2. The van der Waals surface area contributed by atoms with Crippen molar-refractivity contribution < 1.29 is 43.2 Å². The standard InChI is InChI=1S/C62H90N18O9/c1-4-37(2)52(80-60(88)49(31-40-20-9-6-10-21-40)77-58(86)50(32-41-34-71-45-24-12-11-22-43(41)45)76-54(82)44(65)23-17-29-70-62(67)68)61(89)79-48(30-39-18-7-5-8-19-39)57(85)78-51(33-42-35-69-36-72-42)59(87)75-47(26-14-16-28-64)56(84)74-46(25-13-15-27-63)55(83)73-38(3)53(66)81/h5-12,18-22,24,34-38,44,46-52,71H,4,13-17,23,25-33,63-65H2,1-3H3,(H2,66,81)(H,69,72)(H,73,83)(H,74,84)(H,75,87)(H,76,82)(H,77,86)(H,78,85)(H,79,89)(H,80,88)(H4,67,68,70)/t37-,38+,44+,46+,47+,48-,49-,50-,51+,52+/m1/s1. The average Bonchev–Trinajstić information content (AvgIpc) is 3.16. The number of fused-ring (bicyclic) bond motifs is 1. The Balaban J connectivity index is 1.43. The summed E-state index contributed by atoms with van der Waals surface area (Å²) in [5, 5.41) is 23.1. The van der Waals surface area contributed by atoms with E-state index in [1.165, 1.54) is 19.4 Å². The quantitative estimate of drug-likeness (QED) is 0.0131. The Morgan fingerprint density at radius 3 is 1.51 bits per heavy atom. The van der Waals surface area contributed by atoms with E-state index in [1.54, 1.807) is 73.8 Å². The molecule has 0 aliphatic carbocycles. The fourth-order valence-corrected chi connectivity index (χ4v) is 9.82. The highest BCUT2D eigenvalue weighted by molar-refractivity contribution is 5.99. The summed E-state index contributed by atoms with van der Waals surface area (Å²) in [5.41, 5.74) is 37.5. The minimum Gasteiger partial charge on any atom is -0.370 e. The van der Waals surface area contributed by atoms with E-state index >= 15 is 0 Å². The number of carbonyl (C=O) groups is 9. The normalized spacial score (nSPS) is 14.5. The van der Waals surface area contributed by atoms with Crippen molar-refractivity contribution in [3.05, 3.63) is 126 Å². The molecule has 0 saturated carbocycles. The Hall–Kier alpha value is -9.21.